The summed E-state index contributed by atoms with van der Waals surface area (Å²) in [5.74, 6) is 1.25. The number of nitrogens with one attached hydrogen (secondary N) is 2. The van der Waals surface area contributed by atoms with Gasteiger partial charge < -0.3 is 20.3 Å². The number of ether oxygens (including phenoxy) is 1. The number of halogens is 1. The van der Waals surface area contributed by atoms with Gasteiger partial charge in [-0.3, -0.25) is 4.79 Å². The van der Waals surface area contributed by atoms with Crippen LogP contribution in [0.15, 0.2) is 4.99 Å². The Labute approximate surface area is 170 Å². The molecule has 1 aliphatic heterocycles. The highest BCUT2D eigenvalue weighted by Crippen LogP contribution is 2.15. The number of hydrogen-bond acceptors (Lipinski definition) is 4. The maximum atomic E-state index is 11.7. The average molecular weight is 468 g/mol. The van der Waals surface area contributed by atoms with Crippen LogP contribution in [0.2, 0.25) is 0 Å². The molecule has 0 spiro atoms. The van der Waals surface area contributed by atoms with E-state index in [-0.39, 0.29) is 36.5 Å². The van der Waals surface area contributed by atoms with Crippen LogP contribution in [0.4, 0.5) is 0 Å². The van der Waals surface area contributed by atoms with E-state index in [4.69, 9.17) is 4.74 Å². The molecule has 0 unspecified atom stereocenters. The molecule has 0 bridgehead atoms. The van der Waals surface area contributed by atoms with Crippen LogP contribution in [-0.2, 0) is 9.53 Å². The summed E-state index contributed by atoms with van der Waals surface area (Å²) in [5.41, 5.74) is -0.468. The van der Waals surface area contributed by atoms with Crippen LogP contribution in [0.1, 0.15) is 53.9 Å². The molecule has 0 aromatic carbocycles. The first kappa shape index (κ1) is 24.4. The van der Waals surface area contributed by atoms with Gasteiger partial charge in [0.2, 0.25) is 0 Å². The van der Waals surface area contributed by atoms with Gasteiger partial charge in [-0.1, -0.05) is 6.92 Å². The molecular formula is C18H37IN4O2. The zero-order chi connectivity index (χ0) is 18.0. The van der Waals surface area contributed by atoms with Crippen molar-refractivity contribution in [3.05, 3.63) is 0 Å². The summed E-state index contributed by atoms with van der Waals surface area (Å²) in [7, 11) is 0. The Morgan fingerprint density at radius 1 is 1.24 bits per heavy atom. The van der Waals surface area contributed by atoms with Crippen molar-refractivity contribution in [2.75, 3.05) is 39.3 Å². The molecule has 0 atom stereocenters. The van der Waals surface area contributed by atoms with E-state index in [1.165, 1.54) is 25.9 Å². The highest BCUT2D eigenvalue weighted by atomic mass is 127. The summed E-state index contributed by atoms with van der Waals surface area (Å²) in [4.78, 5) is 18.6. The van der Waals surface area contributed by atoms with Crippen LogP contribution in [0.3, 0.4) is 0 Å². The molecule has 1 rings (SSSR count). The lowest BCUT2D eigenvalue weighted by Crippen LogP contribution is -2.40. The van der Waals surface area contributed by atoms with Crippen LogP contribution in [-0.4, -0.2) is 61.7 Å². The third-order valence-electron chi connectivity index (χ3n) is 3.95. The molecule has 1 fully saturated rings. The fourth-order valence-corrected chi connectivity index (χ4v) is 2.65. The molecule has 7 heteroatoms. The minimum absolute atomic E-state index is 0. The lowest BCUT2D eigenvalue weighted by atomic mass is 9.99. The van der Waals surface area contributed by atoms with E-state index in [9.17, 15) is 4.79 Å². The second-order valence-electron chi connectivity index (χ2n) is 7.59. The highest BCUT2D eigenvalue weighted by molar-refractivity contribution is 14.0. The summed E-state index contributed by atoms with van der Waals surface area (Å²) in [5, 5.41) is 6.45. The Hall–Kier alpha value is -0.570. The SMILES string of the molecule is CCNC(=NCC(=O)OC(C)(C)C)NCCCN1CCC(C)CC1.I. The third kappa shape index (κ3) is 12.4. The Morgan fingerprint density at radius 3 is 2.44 bits per heavy atom. The molecule has 0 aromatic heterocycles. The fourth-order valence-electron chi connectivity index (χ4n) is 2.65. The molecule has 1 saturated heterocycles. The summed E-state index contributed by atoms with van der Waals surface area (Å²) in [6, 6.07) is 0. The normalized spacial score (nSPS) is 16.9. The molecule has 1 aliphatic rings. The first-order chi connectivity index (χ1) is 11.3. The van der Waals surface area contributed by atoms with E-state index in [1.807, 2.05) is 27.7 Å². The smallest absolute Gasteiger partial charge is 0.328 e. The zero-order valence-corrected chi connectivity index (χ0v) is 18.9. The summed E-state index contributed by atoms with van der Waals surface area (Å²) < 4.78 is 5.27. The number of hydrogen-bond donors (Lipinski definition) is 2. The highest BCUT2D eigenvalue weighted by Gasteiger charge is 2.16. The third-order valence-corrected chi connectivity index (χ3v) is 3.95. The Kier molecular flexibility index (Phi) is 12.4. The Balaban J connectivity index is 0.00000576. The minimum Gasteiger partial charge on any atom is -0.459 e. The number of aliphatic imine (C=N–C) groups is 1. The molecule has 148 valence electrons. The van der Waals surface area contributed by atoms with Gasteiger partial charge in [0.25, 0.3) is 0 Å². The number of likely N-dealkylation sites (tertiary alicyclic amines) is 1. The van der Waals surface area contributed by atoms with Crippen LogP contribution in [0, 0.1) is 5.92 Å². The number of carbonyl (C=O) groups is 1. The van der Waals surface area contributed by atoms with E-state index >= 15 is 0 Å². The van der Waals surface area contributed by atoms with Crippen LogP contribution >= 0.6 is 24.0 Å². The quantitative estimate of drug-likeness (QED) is 0.198. The van der Waals surface area contributed by atoms with Crippen molar-refractivity contribution in [2.24, 2.45) is 10.9 Å². The van der Waals surface area contributed by atoms with E-state index in [1.54, 1.807) is 0 Å². The van der Waals surface area contributed by atoms with Gasteiger partial charge in [-0.15, -0.1) is 24.0 Å². The molecule has 0 saturated carbocycles. The van der Waals surface area contributed by atoms with Crippen molar-refractivity contribution in [3.63, 3.8) is 0 Å². The summed E-state index contributed by atoms with van der Waals surface area (Å²) >= 11 is 0. The van der Waals surface area contributed by atoms with Gasteiger partial charge in [0.1, 0.15) is 12.1 Å². The first-order valence-corrected chi connectivity index (χ1v) is 9.26. The molecule has 2 N–H and O–H groups in total. The van der Waals surface area contributed by atoms with Crippen LogP contribution < -0.4 is 10.6 Å². The molecule has 0 amide bonds. The Bertz CT molecular complexity index is 402. The maximum absolute atomic E-state index is 11.7. The van der Waals surface area contributed by atoms with Gasteiger partial charge >= 0.3 is 5.97 Å². The predicted molar refractivity (Wildman–Crippen MR) is 115 cm³/mol. The summed E-state index contributed by atoms with van der Waals surface area (Å²) in [6.45, 7) is 15.1. The topological polar surface area (TPSA) is 66.0 Å². The van der Waals surface area contributed by atoms with Gasteiger partial charge in [0, 0.05) is 13.1 Å². The van der Waals surface area contributed by atoms with Crippen molar-refractivity contribution in [1.29, 1.82) is 0 Å². The maximum Gasteiger partial charge on any atom is 0.328 e. The average Bonchev–Trinajstić information content (AvgIpc) is 2.49. The van der Waals surface area contributed by atoms with Crippen molar-refractivity contribution in [3.8, 4) is 0 Å². The van der Waals surface area contributed by atoms with E-state index < -0.39 is 5.60 Å². The number of rotatable bonds is 7. The molecule has 0 radical (unpaired) electrons. The number of esters is 1. The minimum atomic E-state index is -0.468. The van der Waals surface area contributed by atoms with Crippen LogP contribution in [0.25, 0.3) is 0 Å². The lowest BCUT2D eigenvalue weighted by molar-refractivity contribution is -0.152. The lowest BCUT2D eigenvalue weighted by Gasteiger charge is -2.30. The van der Waals surface area contributed by atoms with Gasteiger partial charge in [-0.05, 0) is 72.5 Å². The Morgan fingerprint density at radius 2 is 1.88 bits per heavy atom. The monoisotopic (exact) mass is 468 g/mol. The molecule has 1 heterocycles. The molecule has 6 nitrogen and oxygen atoms in total. The van der Waals surface area contributed by atoms with Gasteiger partial charge in [0.15, 0.2) is 5.96 Å². The number of guanidine groups is 1. The molecule has 0 aliphatic carbocycles. The van der Waals surface area contributed by atoms with E-state index in [2.05, 4.69) is 27.4 Å². The van der Waals surface area contributed by atoms with Gasteiger partial charge in [0.05, 0.1) is 0 Å². The molecular weight excluding hydrogens is 431 g/mol. The second-order valence-corrected chi connectivity index (χ2v) is 7.59. The number of nitrogens with zero attached hydrogens (tertiary/aromatic N) is 2. The fraction of sp³-hybridized carbons (Fsp3) is 0.889. The van der Waals surface area contributed by atoms with E-state index in [0.717, 1.165) is 32.0 Å². The van der Waals surface area contributed by atoms with Crippen molar-refractivity contribution in [2.45, 2.75) is 59.5 Å². The standard InChI is InChI=1S/C18H36N4O2.HI/c1-6-19-17(21-14-16(23)24-18(3,4)5)20-10-7-11-22-12-8-15(2)9-13-22;/h15H,6-14H2,1-5H3,(H2,19,20,21);1H. The molecule has 0 aromatic rings. The predicted octanol–water partition coefficient (Wildman–Crippen LogP) is 2.62. The van der Waals surface area contributed by atoms with E-state index in [0.29, 0.717) is 5.96 Å². The van der Waals surface area contributed by atoms with Crippen molar-refractivity contribution in [1.82, 2.24) is 15.5 Å². The zero-order valence-electron chi connectivity index (χ0n) is 16.6. The second kappa shape index (κ2) is 12.7. The summed E-state index contributed by atoms with van der Waals surface area (Å²) in [6.07, 6.45) is 3.70. The van der Waals surface area contributed by atoms with Gasteiger partial charge in [-0.2, -0.15) is 0 Å². The largest absolute Gasteiger partial charge is 0.459 e. The first-order valence-electron chi connectivity index (χ1n) is 9.26. The number of piperidine rings is 1. The van der Waals surface area contributed by atoms with Crippen LogP contribution in [0.5, 0.6) is 0 Å². The van der Waals surface area contributed by atoms with Crippen molar-refractivity contribution >= 4 is 35.9 Å². The number of carbonyl (C=O) groups excluding carboxylic acids is 1. The van der Waals surface area contributed by atoms with Crippen molar-refractivity contribution < 1.29 is 9.53 Å². The molecule has 25 heavy (non-hydrogen) atoms. The van der Waals surface area contributed by atoms with Gasteiger partial charge in [-0.25, -0.2) is 4.99 Å².